The summed E-state index contributed by atoms with van der Waals surface area (Å²) in [6.45, 7) is 6.52. The van der Waals surface area contributed by atoms with Crippen LogP contribution in [-0.2, 0) is 11.3 Å². The van der Waals surface area contributed by atoms with Crippen molar-refractivity contribution in [2.24, 2.45) is 0 Å². The van der Waals surface area contributed by atoms with Crippen molar-refractivity contribution in [3.05, 3.63) is 28.2 Å². The van der Waals surface area contributed by atoms with Gasteiger partial charge in [0.1, 0.15) is 5.75 Å². The van der Waals surface area contributed by atoms with E-state index < -0.39 is 0 Å². The van der Waals surface area contributed by atoms with E-state index in [0.717, 1.165) is 10.0 Å². The molecule has 0 spiro atoms. The van der Waals surface area contributed by atoms with E-state index in [9.17, 15) is 4.79 Å². The van der Waals surface area contributed by atoms with E-state index in [1.54, 1.807) is 0 Å². The van der Waals surface area contributed by atoms with Crippen molar-refractivity contribution in [2.45, 2.75) is 32.9 Å². The zero-order valence-electron chi connectivity index (χ0n) is 11.8. The summed E-state index contributed by atoms with van der Waals surface area (Å²) >= 11 is 3.44. The predicted molar refractivity (Wildman–Crippen MR) is 80.3 cm³/mol. The molecule has 0 radical (unpaired) electrons. The van der Waals surface area contributed by atoms with Crippen LogP contribution in [0.4, 0.5) is 0 Å². The van der Waals surface area contributed by atoms with Crippen molar-refractivity contribution in [3.8, 4) is 5.75 Å². The molecule has 0 fully saturated rings. The number of benzene rings is 1. The first-order valence-corrected chi connectivity index (χ1v) is 6.98. The Morgan fingerprint density at radius 3 is 2.63 bits per heavy atom. The second kappa shape index (κ2) is 6.91. The lowest BCUT2D eigenvalue weighted by atomic mass is 10.1. The number of carbonyl (C=O) groups is 1. The first kappa shape index (κ1) is 16.0. The number of para-hydroxylation sites is 1. The fraction of sp³-hybridized carbons (Fsp3) is 0.500. The van der Waals surface area contributed by atoms with Crippen LogP contribution in [0.2, 0.25) is 0 Å². The summed E-state index contributed by atoms with van der Waals surface area (Å²) in [7, 11) is 1.87. The van der Waals surface area contributed by atoms with Crippen LogP contribution in [0.25, 0.3) is 0 Å². The van der Waals surface area contributed by atoms with E-state index in [4.69, 9.17) is 4.74 Å². The Labute approximate surface area is 123 Å². The fourth-order valence-corrected chi connectivity index (χ4v) is 2.16. The van der Waals surface area contributed by atoms with E-state index >= 15 is 0 Å². The maximum absolute atomic E-state index is 11.7. The van der Waals surface area contributed by atoms with E-state index in [-0.39, 0.29) is 18.1 Å². The number of nitrogens with one attached hydrogen (secondary N) is 2. The molecule has 19 heavy (non-hydrogen) atoms. The van der Waals surface area contributed by atoms with Gasteiger partial charge in [0.05, 0.1) is 4.47 Å². The standard InChI is InChI=1S/C14H21BrN2O2/c1-14(2,3)17-12(18)9-19-13-10(8-16-4)6-5-7-11(13)15/h5-7,16H,8-9H2,1-4H3,(H,17,18). The van der Waals surface area contributed by atoms with Crippen LogP contribution in [0.3, 0.4) is 0 Å². The van der Waals surface area contributed by atoms with Crippen LogP contribution < -0.4 is 15.4 Å². The smallest absolute Gasteiger partial charge is 0.258 e. The third-order valence-corrected chi connectivity index (χ3v) is 2.90. The van der Waals surface area contributed by atoms with Crippen molar-refractivity contribution in [1.82, 2.24) is 10.6 Å². The van der Waals surface area contributed by atoms with Gasteiger partial charge in [-0.3, -0.25) is 4.79 Å². The summed E-state index contributed by atoms with van der Waals surface area (Å²) < 4.78 is 6.48. The average Bonchev–Trinajstić information content (AvgIpc) is 2.26. The van der Waals surface area contributed by atoms with Crippen LogP contribution in [-0.4, -0.2) is 25.1 Å². The van der Waals surface area contributed by atoms with Gasteiger partial charge in [0, 0.05) is 17.6 Å². The molecule has 1 aromatic rings. The van der Waals surface area contributed by atoms with E-state index in [2.05, 4.69) is 26.6 Å². The van der Waals surface area contributed by atoms with Crippen molar-refractivity contribution in [1.29, 1.82) is 0 Å². The molecule has 2 N–H and O–H groups in total. The highest BCUT2D eigenvalue weighted by Gasteiger charge is 2.15. The molecule has 0 aliphatic rings. The van der Waals surface area contributed by atoms with Gasteiger partial charge in [-0.2, -0.15) is 0 Å². The van der Waals surface area contributed by atoms with Crippen LogP contribution in [0, 0.1) is 0 Å². The molecule has 0 aliphatic heterocycles. The number of amides is 1. The summed E-state index contributed by atoms with van der Waals surface area (Å²) in [6, 6.07) is 5.81. The van der Waals surface area contributed by atoms with Gasteiger partial charge in [-0.1, -0.05) is 12.1 Å². The SMILES string of the molecule is CNCc1cccc(Br)c1OCC(=O)NC(C)(C)C. The first-order chi connectivity index (χ1) is 8.83. The lowest BCUT2D eigenvalue weighted by molar-refractivity contribution is -0.124. The number of rotatable bonds is 5. The average molecular weight is 329 g/mol. The Hall–Kier alpha value is -1.07. The Balaban J connectivity index is 2.69. The van der Waals surface area contributed by atoms with Gasteiger partial charge in [0.25, 0.3) is 5.91 Å². The number of hydrogen-bond acceptors (Lipinski definition) is 3. The van der Waals surface area contributed by atoms with Gasteiger partial charge >= 0.3 is 0 Å². The monoisotopic (exact) mass is 328 g/mol. The van der Waals surface area contributed by atoms with Crippen LogP contribution in [0.5, 0.6) is 5.75 Å². The normalized spacial score (nSPS) is 11.2. The number of ether oxygens (including phenoxy) is 1. The number of carbonyl (C=O) groups excluding carboxylic acids is 1. The largest absolute Gasteiger partial charge is 0.482 e. The Bertz CT molecular complexity index is 442. The molecule has 0 aromatic heterocycles. The van der Waals surface area contributed by atoms with Crippen molar-refractivity contribution < 1.29 is 9.53 Å². The van der Waals surface area contributed by atoms with E-state index in [1.807, 2.05) is 46.0 Å². The Morgan fingerprint density at radius 2 is 2.05 bits per heavy atom. The summed E-state index contributed by atoms with van der Waals surface area (Å²) in [6.07, 6.45) is 0. The van der Waals surface area contributed by atoms with Gasteiger partial charge in [-0.05, 0) is 49.8 Å². The molecule has 1 amide bonds. The predicted octanol–water partition coefficient (Wildman–Crippen LogP) is 2.46. The minimum atomic E-state index is -0.248. The molecule has 0 unspecified atom stereocenters. The summed E-state index contributed by atoms with van der Waals surface area (Å²) in [5.74, 6) is 0.583. The highest BCUT2D eigenvalue weighted by atomic mass is 79.9. The molecule has 0 saturated carbocycles. The van der Waals surface area contributed by atoms with Gasteiger partial charge in [0.15, 0.2) is 6.61 Å². The molecule has 0 aliphatic carbocycles. The van der Waals surface area contributed by atoms with Crippen LogP contribution in [0.15, 0.2) is 22.7 Å². The maximum Gasteiger partial charge on any atom is 0.258 e. The molecule has 0 atom stereocenters. The highest BCUT2D eigenvalue weighted by molar-refractivity contribution is 9.10. The summed E-state index contributed by atoms with van der Waals surface area (Å²) in [5.41, 5.74) is 0.766. The van der Waals surface area contributed by atoms with E-state index in [1.165, 1.54) is 0 Å². The third kappa shape index (κ3) is 5.61. The Kier molecular flexibility index (Phi) is 5.82. The van der Waals surface area contributed by atoms with Gasteiger partial charge < -0.3 is 15.4 Å². The molecular formula is C14H21BrN2O2. The lowest BCUT2D eigenvalue weighted by Crippen LogP contribution is -2.43. The molecule has 106 valence electrons. The van der Waals surface area contributed by atoms with Crippen LogP contribution >= 0.6 is 15.9 Å². The maximum atomic E-state index is 11.7. The van der Waals surface area contributed by atoms with Crippen molar-refractivity contribution in [2.75, 3.05) is 13.7 Å². The fourth-order valence-electron chi connectivity index (χ4n) is 1.64. The minimum absolute atomic E-state index is 0.0105. The number of halogens is 1. The lowest BCUT2D eigenvalue weighted by Gasteiger charge is -2.21. The van der Waals surface area contributed by atoms with Gasteiger partial charge in [0.2, 0.25) is 0 Å². The molecule has 0 heterocycles. The minimum Gasteiger partial charge on any atom is -0.482 e. The van der Waals surface area contributed by atoms with Gasteiger partial charge in [-0.15, -0.1) is 0 Å². The number of hydrogen-bond donors (Lipinski definition) is 2. The zero-order valence-corrected chi connectivity index (χ0v) is 13.4. The molecular weight excluding hydrogens is 308 g/mol. The molecule has 4 nitrogen and oxygen atoms in total. The second-order valence-corrected chi connectivity index (χ2v) is 6.20. The molecule has 0 saturated heterocycles. The molecule has 5 heteroatoms. The summed E-state index contributed by atoms with van der Waals surface area (Å²) in [4.78, 5) is 11.7. The second-order valence-electron chi connectivity index (χ2n) is 5.35. The van der Waals surface area contributed by atoms with Gasteiger partial charge in [-0.25, -0.2) is 0 Å². The zero-order chi connectivity index (χ0) is 14.5. The van der Waals surface area contributed by atoms with Crippen LogP contribution in [0.1, 0.15) is 26.3 Å². The topological polar surface area (TPSA) is 50.4 Å². The van der Waals surface area contributed by atoms with Crippen molar-refractivity contribution in [3.63, 3.8) is 0 Å². The first-order valence-electron chi connectivity index (χ1n) is 6.19. The Morgan fingerprint density at radius 1 is 1.37 bits per heavy atom. The third-order valence-electron chi connectivity index (χ3n) is 2.28. The van der Waals surface area contributed by atoms with Crippen molar-refractivity contribution >= 4 is 21.8 Å². The van der Waals surface area contributed by atoms with E-state index in [0.29, 0.717) is 12.3 Å². The molecule has 1 aromatic carbocycles. The highest BCUT2D eigenvalue weighted by Crippen LogP contribution is 2.29. The quantitative estimate of drug-likeness (QED) is 0.872. The molecule has 1 rings (SSSR count). The summed E-state index contributed by atoms with van der Waals surface area (Å²) in [5, 5.41) is 5.94. The molecule has 0 bridgehead atoms.